The van der Waals surface area contributed by atoms with E-state index in [1.165, 1.54) is 12.1 Å². The summed E-state index contributed by atoms with van der Waals surface area (Å²) in [5, 5.41) is 0. The van der Waals surface area contributed by atoms with Gasteiger partial charge in [0.15, 0.2) is 0 Å². The second kappa shape index (κ2) is 6.51. The molecule has 21 heavy (non-hydrogen) atoms. The van der Waals surface area contributed by atoms with Crippen LogP contribution in [0.1, 0.15) is 18.4 Å². The van der Waals surface area contributed by atoms with E-state index in [1.807, 2.05) is 0 Å². The zero-order valence-corrected chi connectivity index (χ0v) is 12.6. The Morgan fingerprint density at radius 1 is 1.29 bits per heavy atom. The zero-order chi connectivity index (χ0) is 15.0. The highest BCUT2D eigenvalue weighted by atomic mass is 35.5. The molecule has 120 valence electrons. The van der Waals surface area contributed by atoms with Crippen molar-refractivity contribution in [3.05, 3.63) is 29.8 Å². The first-order chi connectivity index (χ1) is 9.28. The van der Waals surface area contributed by atoms with E-state index in [9.17, 15) is 21.6 Å². The molecule has 1 aromatic rings. The molecule has 9 heteroatoms. The first kappa shape index (κ1) is 18.2. The molecule has 0 amide bonds. The number of sulfonamides is 1. The summed E-state index contributed by atoms with van der Waals surface area (Å²) in [6, 6.07) is 3.80. The molecule has 0 bridgehead atoms. The highest BCUT2D eigenvalue weighted by Crippen LogP contribution is 2.36. The number of nitrogens with zero attached hydrogens (tertiary/aromatic N) is 1. The van der Waals surface area contributed by atoms with E-state index in [0.29, 0.717) is 12.8 Å². The minimum absolute atomic E-state index is 0. The molecule has 2 rings (SSSR count). The molecule has 0 spiro atoms. The standard InChI is InChI=1S/C12H15F3N2O2S.ClH/c13-12(14,15)10-5-1-2-6-11(10)20(18,19)17-7-3-4-9(17)8-16;/h1-2,5-6,9H,3-4,7-8,16H2;1H. The predicted octanol–water partition coefficient (Wildman–Crippen LogP) is 2.24. The van der Waals surface area contributed by atoms with Gasteiger partial charge in [-0.25, -0.2) is 8.42 Å². The fraction of sp³-hybridized carbons (Fsp3) is 0.500. The molecule has 1 aliphatic heterocycles. The summed E-state index contributed by atoms with van der Waals surface area (Å²) in [4.78, 5) is -0.701. The molecule has 1 saturated heterocycles. The van der Waals surface area contributed by atoms with E-state index in [-0.39, 0.29) is 25.5 Å². The van der Waals surface area contributed by atoms with Gasteiger partial charge in [0.2, 0.25) is 10.0 Å². The number of hydrogen-bond acceptors (Lipinski definition) is 3. The third kappa shape index (κ3) is 3.50. The third-order valence-electron chi connectivity index (χ3n) is 3.37. The number of alkyl halides is 3. The van der Waals surface area contributed by atoms with Crippen LogP contribution in [0.4, 0.5) is 13.2 Å². The minimum Gasteiger partial charge on any atom is -0.329 e. The summed E-state index contributed by atoms with van der Waals surface area (Å²) in [6.07, 6.45) is -3.53. The number of halogens is 4. The van der Waals surface area contributed by atoms with Crippen LogP contribution in [-0.2, 0) is 16.2 Å². The lowest BCUT2D eigenvalue weighted by molar-refractivity contribution is -0.139. The minimum atomic E-state index is -4.71. The highest BCUT2D eigenvalue weighted by molar-refractivity contribution is 7.89. The Morgan fingerprint density at radius 2 is 1.90 bits per heavy atom. The van der Waals surface area contributed by atoms with E-state index in [1.54, 1.807) is 0 Å². The molecular formula is C12H16ClF3N2O2S. The van der Waals surface area contributed by atoms with Gasteiger partial charge in [0, 0.05) is 19.1 Å². The van der Waals surface area contributed by atoms with Crippen molar-refractivity contribution in [3.8, 4) is 0 Å². The largest absolute Gasteiger partial charge is 0.417 e. The maximum Gasteiger partial charge on any atom is 0.417 e. The molecular weight excluding hydrogens is 329 g/mol. The molecule has 0 aromatic heterocycles. The van der Waals surface area contributed by atoms with Crippen LogP contribution in [0.3, 0.4) is 0 Å². The van der Waals surface area contributed by atoms with Crippen molar-refractivity contribution >= 4 is 22.4 Å². The van der Waals surface area contributed by atoms with E-state index < -0.39 is 32.7 Å². The van der Waals surface area contributed by atoms with Crippen LogP contribution in [-0.4, -0.2) is 31.9 Å². The smallest absolute Gasteiger partial charge is 0.329 e. The number of rotatable bonds is 3. The van der Waals surface area contributed by atoms with Crippen LogP contribution < -0.4 is 5.73 Å². The fourth-order valence-corrected chi connectivity index (χ4v) is 4.33. The van der Waals surface area contributed by atoms with Crippen LogP contribution in [0.25, 0.3) is 0 Å². The number of hydrogen-bond donors (Lipinski definition) is 1. The van der Waals surface area contributed by atoms with Gasteiger partial charge in [0.25, 0.3) is 0 Å². The van der Waals surface area contributed by atoms with Crippen molar-refractivity contribution in [3.63, 3.8) is 0 Å². The summed E-state index contributed by atoms with van der Waals surface area (Å²) in [5.74, 6) is 0. The van der Waals surface area contributed by atoms with Crippen molar-refractivity contribution in [2.75, 3.05) is 13.1 Å². The molecule has 0 saturated carbocycles. The van der Waals surface area contributed by atoms with Gasteiger partial charge >= 0.3 is 6.18 Å². The van der Waals surface area contributed by atoms with Gasteiger partial charge in [-0.05, 0) is 25.0 Å². The molecule has 2 N–H and O–H groups in total. The molecule has 1 atom stereocenters. The topological polar surface area (TPSA) is 63.4 Å². The average Bonchev–Trinajstić information content (AvgIpc) is 2.86. The third-order valence-corrected chi connectivity index (χ3v) is 5.38. The SMILES string of the molecule is Cl.NCC1CCCN1S(=O)(=O)c1ccccc1C(F)(F)F. The Kier molecular flexibility index (Phi) is 5.65. The van der Waals surface area contributed by atoms with E-state index >= 15 is 0 Å². The summed E-state index contributed by atoms with van der Waals surface area (Å²) in [7, 11) is -4.18. The quantitative estimate of drug-likeness (QED) is 0.914. The van der Waals surface area contributed by atoms with Gasteiger partial charge in [0.05, 0.1) is 10.5 Å². The second-order valence-electron chi connectivity index (χ2n) is 4.64. The first-order valence-corrected chi connectivity index (χ1v) is 7.60. The Hall–Kier alpha value is -0.830. The summed E-state index contributed by atoms with van der Waals surface area (Å²) in [5.41, 5.74) is 4.36. The molecule has 1 heterocycles. The van der Waals surface area contributed by atoms with Crippen LogP contribution in [0.15, 0.2) is 29.2 Å². The van der Waals surface area contributed by atoms with Crippen LogP contribution in [0, 0.1) is 0 Å². The van der Waals surface area contributed by atoms with Gasteiger partial charge in [-0.1, -0.05) is 12.1 Å². The second-order valence-corrected chi connectivity index (χ2v) is 6.50. The van der Waals surface area contributed by atoms with Crippen molar-refractivity contribution < 1.29 is 21.6 Å². The van der Waals surface area contributed by atoms with E-state index in [0.717, 1.165) is 16.4 Å². The van der Waals surface area contributed by atoms with Crippen molar-refractivity contribution in [2.45, 2.75) is 30.0 Å². The Labute approximate surface area is 127 Å². The maximum atomic E-state index is 12.9. The van der Waals surface area contributed by atoms with Crippen LogP contribution in [0.5, 0.6) is 0 Å². The van der Waals surface area contributed by atoms with E-state index in [2.05, 4.69) is 0 Å². The lowest BCUT2D eigenvalue weighted by Crippen LogP contribution is -2.40. The average molecular weight is 345 g/mol. The Bertz CT molecular complexity index is 592. The van der Waals surface area contributed by atoms with E-state index in [4.69, 9.17) is 5.73 Å². The van der Waals surface area contributed by atoms with Crippen molar-refractivity contribution in [2.24, 2.45) is 5.73 Å². The fourth-order valence-electron chi connectivity index (χ4n) is 2.41. The molecule has 0 aliphatic carbocycles. The molecule has 1 aromatic carbocycles. The highest BCUT2D eigenvalue weighted by Gasteiger charge is 2.41. The predicted molar refractivity (Wildman–Crippen MR) is 74.7 cm³/mol. The number of nitrogens with two attached hydrogens (primary N) is 1. The Morgan fingerprint density at radius 3 is 2.48 bits per heavy atom. The zero-order valence-electron chi connectivity index (χ0n) is 11.0. The van der Waals surface area contributed by atoms with Gasteiger partial charge in [-0.3, -0.25) is 0 Å². The van der Waals surface area contributed by atoms with Gasteiger partial charge in [-0.15, -0.1) is 12.4 Å². The Balaban J connectivity index is 0.00000220. The molecule has 1 unspecified atom stereocenters. The maximum absolute atomic E-state index is 12.9. The lowest BCUT2D eigenvalue weighted by Gasteiger charge is -2.24. The van der Waals surface area contributed by atoms with Crippen molar-refractivity contribution in [1.29, 1.82) is 0 Å². The summed E-state index contributed by atoms with van der Waals surface area (Å²) >= 11 is 0. The number of benzene rings is 1. The van der Waals surface area contributed by atoms with Gasteiger partial charge in [-0.2, -0.15) is 17.5 Å². The van der Waals surface area contributed by atoms with Gasteiger partial charge < -0.3 is 5.73 Å². The lowest BCUT2D eigenvalue weighted by atomic mass is 10.2. The van der Waals surface area contributed by atoms with Crippen LogP contribution >= 0.6 is 12.4 Å². The monoisotopic (exact) mass is 344 g/mol. The summed E-state index contributed by atoms with van der Waals surface area (Å²) < 4.78 is 64.8. The van der Waals surface area contributed by atoms with Crippen LogP contribution in [0.2, 0.25) is 0 Å². The molecule has 1 fully saturated rings. The van der Waals surface area contributed by atoms with Gasteiger partial charge in [0.1, 0.15) is 0 Å². The molecule has 4 nitrogen and oxygen atoms in total. The molecule has 0 radical (unpaired) electrons. The van der Waals surface area contributed by atoms with Crippen molar-refractivity contribution in [1.82, 2.24) is 4.31 Å². The summed E-state index contributed by atoms with van der Waals surface area (Å²) in [6.45, 7) is 0.309. The first-order valence-electron chi connectivity index (χ1n) is 6.16. The normalized spacial score (nSPS) is 20.3. The molecule has 1 aliphatic rings.